The van der Waals surface area contributed by atoms with Crippen LogP contribution >= 0.6 is 0 Å². The van der Waals surface area contributed by atoms with Crippen molar-refractivity contribution in [2.75, 3.05) is 19.8 Å². The number of ether oxygens (including phenoxy) is 1. The maximum Gasteiger partial charge on any atom is 0.219 e. The second-order valence-electron chi connectivity index (χ2n) is 5.57. The molecule has 0 fully saturated rings. The molecule has 4 heteroatoms. The molecule has 0 rings (SSSR count). The van der Waals surface area contributed by atoms with E-state index in [0.29, 0.717) is 13.0 Å². The van der Waals surface area contributed by atoms with Crippen molar-refractivity contribution >= 4 is 5.91 Å². The van der Waals surface area contributed by atoms with Crippen molar-refractivity contribution in [2.45, 2.75) is 80.3 Å². The van der Waals surface area contributed by atoms with Gasteiger partial charge in [0.1, 0.15) is 0 Å². The zero-order valence-electron chi connectivity index (χ0n) is 15.6. The van der Waals surface area contributed by atoms with Gasteiger partial charge in [0.25, 0.3) is 0 Å². The minimum absolute atomic E-state index is 0.0148. The fourth-order valence-electron chi connectivity index (χ4n) is 0.993. The van der Waals surface area contributed by atoms with E-state index in [0.717, 1.165) is 18.9 Å². The summed E-state index contributed by atoms with van der Waals surface area (Å²) in [6.07, 6.45) is 2.74. The third-order valence-corrected chi connectivity index (χ3v) is 2.79. The molecule has 0 aliphatic rings. The normalized spacial score (nSPS) is 10.2. The molecule has 0 aromatic carbocycles. The van der Waals surface area contributed by atoms with E-state index < -0.39 is 0 Å². The Labute approximate surface area is 132 Å². The molecule has 1 amide bonds. The third-order valence-electron chi connectivity index (χ3n) is 2.79. The van der Waals surface area contributed by atoms with E-state index >= 15 is 0 Å². The quantitative estimate of drug-likeness (QED) is 0.717. The minimum Gasteiger partial charge on any atom is -0.395 e. The van der Waals surface area contributed by atoms with Crippen LogP contribution < -0.4 is 5.32 Å². The highest BCUT2D eigenvalue weighted by atomic mass is 16.5. The van der Waals surface area contributed by atoms with Crippen LogP contribution in [0.25, 0.3) is 0 Å². The van der Waals surface area contributed by atoms with Gasteiger partial charge in [-0.05, 0) is 32.6 Å². The number of hydrogen-bond donors (Lipinski definition) is 2. The van der Waals surface area contributed by atoms with Crippen LogP contribution in [0.3, 0.4) is 0 Å². The second kappa shape index (κ2) is 17.4. The molecule has 0 aromatic heterocycles. The topological polar surface area (TPSA) is 58.6 Å². The summed E-state index contributed by atoms with van der Waals surface area (Å²) in [5.41, 5.74) is 0.0783. The second-order valence-corrected chi connectivity index (χ2v) is 5.57. The third kappa shape index (κ3) is 24.8. The van der Waals surface area contributed by atoms with Gasteiger partial charge in [-0.25, -0.2) is 0 Å². The zero-order chi connectivity index (χ0) is 17.3. The van der Waals surface area contributed by atoms with Crippen molar-refractivity contribution in [1.82, 2.24) is 5.32 Å². The molecule has 0 aromatic rings. The Hall–Kier alpha value is -0.610. The molecule has 0 bridgehead atoms. The number of carbonyl (C=O) groups excluding carboxylic acids is 1. The van der Waals surface area contributed by atoms with Crippen molar-refractivity contribution in [3.63, 3.8) is 0 Å². The van der Waals surface area contributed by atoms with E-state index in [1.807, 2.05) is 13.8 Å². The Bertz CT molecular complexity index is 216. The summed E-state index contributed by atoms with van der Waals surface area (Å²) in [5, 5.41) is 10.7. The first-order chi connectivity index (χ1) is 9.79. The monoisotopic (exact) mass is 305 g/mol. The molecule has 4 nitrogen and oxygen atoms in total. The van der Waals surface area contributed by atoms with Gasteiger partial charge in [0, 0.05) is 19.6 Å². The van der Waals surface area contributed by atoms with E-state index in [1.54, 1.807) is 6.92 Å². The molecule has 0 spiro atoms. The summed E-state index contributed by atoms with van der Waals surface area (Å²) in [6.45, 7) is 18.0. The Kier molecular flexibility index (Phi) is 21.1. The fraction of sp³-hybridized carbons (Fsp3) is 0.941. The summed E-state index contributed by atoms with van der Waals surface area (Å²) in [6, 6.07) is 0. The molecule has 0 radical (unpaired) electrons. The van der Waals surface area contributed by atoms with Gasteiger partial charge in [0.15, 0.2) is 0 Å². The summed E-state index contributed by atoms with van der Waals surface area (Å²) in [4.78, 5) is 10.3. The van der Waals surface area contributed by atoms with Crippen LogP contribution in [0, 0.1) is 5.92 Å². The maximum atomic E-state index is 10.3. The minimum atomic E-state index is -0.0148. The van der Waals surface area contributed by atoms with Crippen molar-refractivity contribution in [1.29, 1.82) is 0 Å². The molecule has 0 heterocycles. The highest BCUT2D eigenvalue weighted by Gasteiger charge is 2.14. The Morgan fingerprint density at radius 1 is 1.24 bits per heavy atom. The first kappa shape index (κ1) is 25.3. The highest BCUT2D eigenvalue weighted by Crippen LogP contribution is 2.14. The van der Waals surface area contributed by atoms with Gasteiger partial charge >= 0.3 is 0 Å². The summed E-state index contributed by atoms with van der Waals surface area (Å²) in [7, 11) is 0. The average Bonchev–Trinajstić information content (AvgIpc) is 2.47. The van der Waals surface area contributed by atoms with E-state index in [-0.39, 0.29) is 18.1 Å². The van der Waals surface area contributed by atoms with Crippen LogP contribution in [0.4, 0.5) is 0 Å². The summed E-state index contributed by atoms with van der Waals surface area (Å²) >= 11 is 0. The molecule has 0 aliphatic heterocycles. The van der Waals surface area contributed by atoms with Gasteiger partial charge < -0.3 is 15.2 Å². The molecule has 2 N–H and O–H groups in total. The van der Waals surface area contributed by atoms with Crippen LogP contribution in [0.15, 0.2) is 0 Å². The first-order valence-electron chi connectivity index (χ1n) is 8.30. The van der Waals surface area contributed by atoms with E-state index in [2.05, 4.69) is 39.9 Å². The summed E-state index contributed by atoms with van der Waals surface area (Å²) < 4.78 is 5.69. The summed E-state index contributed by atoms with van der Waals surface area (Å²) in [5.74, 6) is 0.738. The van der Waals surface area contributed by atoms with E-state index in [9.17, 15) is 4.79 Å². The van der Waals surface area contributed by atoms with Crippen molar-refractivity contribution in [3.05, 3.63) is 0 Å². The number of rotatable bonds is 8. The number of nitrogens with one attached hydrogen (secondary N) is 1. The Morgan fingerprint density at radius 2 is 1.76 bits per heavy atom. The lowest BCUT2D eigenvalue weighted by Crippen LogP contribution is -2.25. The SMILES string of the molecule is CC.CCC(=O)NCCO.CCC(C)(C)OCCC(C)C. The highest BCUT2D eigenvalue weighted by molar-refractivity contribution is 5.75. The van der Waals surface area contributed by atoms with Gasteiger partial charge in [0.2, 0.25) is 5.91 Å². The lowest BCUT2D eigenvalue weighted by molar-refractivity contribution is -0.120. The fourth-order valence-corrected chi connectivity index (χ4v) is 0.993. The van der Waals surface area contributed by atoms with Crippen LogP contribution in [-0.2, 0) is 9.53 Å². The number of hydrogen-bond acceptors (Lipinski definition) is 3. The number of aliphatic hydroxyl groups is 1. The predicted molar refractivity (Wildman–Crippen MR) is 91.5 cm³/mol. The molecule has 130 valence electrons. The molecule has 0 saturated carbocycles. The molecule has 0 unspecified atom stereocenters. The van der Waals surface area contributed by atoms with Crippen LogP contribution in [0.1, 0.15) is 74.7 Å². The average molecular weight is 306 g/mol. The van der Waals surface area contributed by atoms with Crippen LogP contribution in [0.5, 0.6) is 0 Å². The first-order valence-corrected chi connectivity index (χ1v) is 8.30. The lowest BCUT2D eigenvalue weighted by atomic mass is 10.1. The molecule has 0 saturated heterocycles. The van der Waals surface area contributed by atoms with Gasteiger partial charge in [0.05, 0.1) is 12.2 Å². The Morgan fingerprint density at radius 3 is 2.10 bits per heavy atom. The molecule has 0 atom stereocenters. The molecule has 0 aliphatic carbocycles. The molecule has 21 heavy (non-hydrogen) atoms. The van der Waals surface area contributed by atoms with Crippen LogP contribution in [-0.4, -0.2) is 36.4 Å². The standard InChI is InChI=1S/C10H22O.C5H11NO2.C2H6/c1-6-10(4,5)11-8-7-9(2)3;1-2-5(8)6-3-4-7;1-2/h9H,6-8H2,1-5H3;7H,2-4H2,1H3,(H,6,8);1-2H3. The van der Waals surface area contributed by atoms with Gasteiger partial charge in [-0.2, -0.15) is 0 Å². The largest absolute Gasteiger partial charge is 0.395 e. The number of amides is 1. The lowest BCUT2D eigenvalue weighted by Gasteiger charge is -2.23. The number of aliphatic hydroxyl groups excluding tert-OH is 1. The predicted octanol–water partition coefficient (Wildman–Crippen LogP) is 3.77. The zero-order valence-corrected chi connectivity index (χ0v) is 15.6. The van der Waals surface area contributed by atoms with Crippen molar-refractivity contribution in [3.8, 4) is 0 Å². The van der Waals surface area contributed by atoms with E-state index in [4.69, 9.17) is 9.84 Å². The maximum absolute atomic E-state index is 10.3. The van der Waals surface area contributed by atoms with Gasteiger partial charge in [-0.3, -0.25) is 4.79 Å². The van der Waals surface area contributed by atoms with Gasteiger partial charge in [-0.1, -0.05) is 41.5 Å². The van der Waals surface area contributed by atoms with E-state index in [1.165, 1.54) is 6.42 Å². The molecular formula is C17H39NO3. The smallest absolute Gasteiger partial charge is 0.219 e. The van der Waals surface area contributed by atoms with Gasteiger partial charge in [-0.15, -0.1) is 0 Å². The Balaban J connectivity index is -0.000000286. The van der Waals surface area contributed by atoms with Crippen LogP contribution in [0.2, 0.25) is 0 Å². The van der Waals surface area contributed by atoms with Crippen molar-refractivity contribution < 1.29 is 14.6 Å². The molecular weight excluding hydrogens is 266 g/mol. The number of carbonyl (C=O) groups is 1. The van der Waals surface area contributed by atoms with Crippen molar-refractivity contribution in [2.24, 2.45) is 5.92 Å².